The van der Waals surface area contributed by atoms with Gasteiger partial charge < -0.3 is 10.0 Å². The molecule has 2 aromatic carbocycles. The number of hydrogen-bond acceptors (Lipinski definition) is 4. The molecule has 28 heavy (non-hydrogen) atoms. The van der Waals surface area contributed by atoms with E-state index in [0.717, 1.165) is 11.1 Å². The van der Waals surface area contributed by atoms with Crippen LogP contribution in [0.3, 0.4) is 0 Å². The van der Waals surface area contributed by atoms with E-state index in [4.69, 9.17) is 0 Å². The Morgan fingerprint density at radius 1 is 1.00 bits per heavy atom. The molecule has 0 spiro atoms. The van der Waals surface area contributed by atoms with E-state index in [1.54, 1.807) is 36.1 Å². The van der Waals surface area contributed by atoms with Gasteiger partial charge in [0.1, 0.15) is 5.75 Å². The van der Waals surface area contributed by atoms with Crippen LogP contribution in [0.2, 0.25) is 0 Å². The number of aromatic hydroxyl groups is 1. The maximum absolute atomic E-state index is 13.0. The highest BCUT2D eigenvalue weighted by atomic mass is 79.9. The number of halogens is 1. The van der Waals surface area contributed by atoms with Crippen LogP contribution in [0.5, 0.6) is 5.75 Å². The number of carbonyl (C=O) groups is 1. The first-order chi connectivity index (χ1) is 13.1. The van der Waals surface area contributed by atoms with Gasteiger partial charge >= 0.3 is 0 Å². The predicted octanol–water partition coefficient (Wildman–Crippen LogP) is 3.23. The van der Waals surface area contributed by atoms with Crippen molar-refractivity contribution in [2.24, 2.45) is 0 Å². The number of carbonyl (C=O) groups excluding carboxylic acids is 1. The van der Waals surface area contributed by atoms with Gasteiger partial charge in [-0.2, -0.15) is 4.31 Å². The molecule has 1 fully saturated rings. The maximum Gasteiger partial charge on any atom is 0.257 e. The highest BCUT2D eigenvalue weighted by molar-refractivity contribution is 9.10. The molecule has 1 amide bonds. The molecule has 0 saturated carbocycles. The minimum Gasteiger partial charge on any atom is -0.506 e. The number of piperazine rings is 1. The maximum atomic E-state index is 13.0. The summed E-state index contributed by atoms with van der Waals surface area (Å²) in [6.45, 7) is 6.47. The fourth-order valence-corrected chi connectivity index (χ4v) is 5.63. The number of phenols is 1. The van der Waals surface area contributed by atoms with Gasteiger partial charge in [-0.25, -0.2) is 8.42 Å². The van der Waals surface area contributed by atoms with E-state index >= 15 is 0 Å². The summed E-state index contributed by atoms with van der Waals surface area (Å²) < 4.78 is 27.9. The molecule has 2 aromatic rings. The monoisotopic (exact) mass is 466 g/mol. The summed E-state index contributed by atoms with van der Waals surface area (Å²) in [5.74, 6) is -0.397. The molecule has 150 valence electrons. The smallest absolute Gasteiger partial charge is 0.257 e. The van der Waals surface area contributed by atoms with Crippen LogP contribution in [0, 0.1) is 20.8 Å². The molecule has 1 aliphatic rings. The summed E-state index contributed by atoms with van der Waals surface area (Å²) in [7, 11) is -3.61. The van der Waals surface area contributed by atoms with Crippen LogP contribution < -0.4 is 0 Å². The third-order valence-corrected chi connectivity index (χ3v) is 7.57. The van der Waals surface area contributed by atoms with Crippen molar-refractivity contribution in [3.05, 3.63) is 57.1 Å². The summed E-state index contributed by atoms with van der Waals surface area (Å²) in [5.41, 5.74) is 2.67. The molecule has 0 aromatic heterocycles. The first-order valence-electron chi connectivity index (χ1n) is 8.97. The number of rotatable bonds is 3. The van der Waals surface area contributed by atoms with E-state index < -0.39 is 10.0 Å². The predicted molar refractivity (Wildman–Crippen MR) is 111 cm³/mol. The average Bonchev–Trinajstić information content (AvgIpc) is 2.66. The summed E-state index contributed by atoms with van der Waals surface area (Å²) in [4.78, 5) is 14.7. The molecule has 0 aliphatic carbocycles. The van der Waals surface area contributed by atoms with E-state index in [9.17, 15) is 18.3 Å². The molecule has 0 unspecified atom stereocenters. The zero-order chi connectivity index (χ0) is 20.6. The molecular weight excluding hydrogens is 444 g/mol. The third-order valence-electron chi connectivity index (χ3n) is 4.93. The number of nitrogens with zero attached hydrogens (tertiary/aromatic N) is 2. The summed E-state index contributed by atoms with van der Waals surface area (Å²) >= 11 is 3.25. The summed E-state index contributed by atoms with van der Waals surface area (Å²) in [6.07, 6.45) is 0. The van der Waals surface area contributed by atoms with Crippen molar-refractivity contribution in [2.45, 2.75) is 25.7 Å². The van der Waals surface area contributed by atoms with Crippen molar-refractivity contribution in [1.82, 2.24) is 9.21 Å². The van der Waals surface area contributed by atoms with E-state index in [1.165, 1.54) is 4.31 Å². The number of aryl methyl sites for hydroxylation is 3. The SMILES string of the molecule is Cc1cc(Br)c(O)c(C(=O)N2CCN(S(=O)(=O)c3cc(C)ccc3C)CC2)c1. The van der Waals surface area contributed by atoms with Gasteiger partial charge in [0, 0.05) is 26.2 Å². The molecule has 0 atom stereocenters. The zero-order valence-electron chi connectivity index (χ0n) is 16.1. The van der Waals surface area contributed by atoms with E-state index in [0.29, 0.717) is 14.9 Å². The average molecular weight is 467 g/mol. The highest BCUT2D eigenvalue weighted by Crippen LogP contribution is 2.31. The molecule has 1 saturated heterocycles. The first kappa shape index (κ1) is 20.8. The zero-order valence-corrected chi connectivity index (χ0v) is 18.5. The Morgan fingerprint density at radius 3 is 2.29 bits per heavy atom. The lowest BCUT2D eigenvalue weighted by molar-refractivity contribution is 0.0694. The lowest BCUT2D eigenvalue weighted by atomic mass is 10.1. The normalized spacial score (nSPS) is 15.6. The molecule has 1 aliphatic heterocycles. The highest BCUT2D eigenvalue weighted by Gasteiger charge is 2.32. The molecular formula is C20H23BrN2O4S. The fraction of sp³-hybridized carbons (Fsp3) is 0.350. The van der Waals surface area contributed by atoms with Crippen LogP contribution in [-0.2, 0) is 10.0 Å². The number of benzene rings is 2. The van der Waals surface area contributed by atoms with Crippen LogP contribution >= 0.6 is 15.9 Å². The molecule has 3 rings (SSSR count). The van der Waals surface area contributed by atoms with Crippen molar-refractivity contribution in [3.8, 4) is 5.75 Å². The van der Waals surface area contributed by atoms with Crippen molar-refractivity contribution >= 4 is 31.9 Å². The second-order valence-corrected chi connectivity index (χ2v) is 9.87. The van der Waals surface area contributed by atoms with Crippen LogP contribution in [0.4, 0.5) is 0 Å². The van der Waals surface area contributed by atoms with Gasteiger partial charge in [0.25, 0.3) is 5.91 Å². The largest absolute Gasteiger partial charge is 0.506 e. The minimum absolute atomic E-state index is 0.0963. The molecule has 6 nitrogen and oxygen atoms in total. The lowest BCUT2D eigenvalue weighted by Gasteiger charge is -2.34. The first-order valence-corrected chi connectivity index (χ1v) is 11.2. The van der Waals surface area contributed by atoms with Gasteiger partial charge in [0.15, 0.2) is 0 Å². The fourth-order valence-electron chi connectivity index (χ4n) is 3.32. The minimum atomic E-state index is -3.61. The molecule has 0 radical (unpaired) electrons. The van der Waals surface area contributed by atoms with Crippen molar-refractivity contribution < 1.29 is 18.3 Å². The van der Waals surface area contributed by atoms with Crippen LogP contribution in [0.15, 0.2) is 39.7 Å². The quantitative estimate of drug-likeness (QED) is 0.752. The summed E-state index contributed by atoms with van der Waals surface area (Å²) in [6, 6.07) is 8.75. The third kappa shape index (κ3) is 3.94. The Bertz CT molecular complexity index is 1030. The van der Waals surface area contributed by atoms with E-state index in [-0.39, 0.29) is 43.4 Å². The van der Waals surface area contributed by atoms with Crippen LogP contribution in [-0.4, -0.2) is 54.8 Å². The molecule has 0 bridgehead atoms. The topological polar surface area (TPSA) is 77.9 Å². The van der Waals surface area contributed by atoms with Crippen LogP contribution in [0.25, 0.3) is 0 Å². The lowest BCUT2D eigenvalue weighted by Crippen LogP contribution is -2.50. The Morgan fingerprint density at radius 2 is 1.64 bits per heavy atom. The van der Waals surface area contributed by atoms with Gasteiger partial charge in [0.05, 0.1) is 14.9 Å². The van der Waals surface area contributed by atoms with Gasteiger partial charge in [-0.1, -0.05) is 12.1 Å². The van der Waals surface area contributed by atoms with E-state index in [1.807, 2.05) is 19.9 Å². The Balaban J connectivity index is 1.77. The van der Waals surface area contributed by atoms with Gasteiger partial charge in [0.2, 0.25) is 10.0 Å². The Kier molecular flexibility index (Phi) is 5.84. The molecule has 8 heteroatoms. The van der Waals surface area contributed by atoms with Gasteiger partial charge in [-0.3, -0.25) is 4.79 Å². The molecule has 1 N–H and O–H groups in total. The van der Waals surface area contributed by atoms with Gasteiger partial charge in [-0.15, -0.1) is 0 Å². The second kappa shape index (κ2) is 7.85. The number of amides is 1. The number of phenolic OH excluding ortho intramolecular Hbond substituents is 1. The van der Waals surface area contributed by atoms with E-state index in [2.05, 4.69) is 15.9 Å². The van der Waals surface area contributed by atoms with Crippen molar-refractivity contribution in [1.29, 1.82) is 0 Å². The Hall–Kier alpha value is -1.90. The van der Waals surface area contributed by atoms with Crippen molar-refractivity contribution in [3.63, 3.8) is 0 Å². The number of sulfonamides is 1. The van der Waals surface area contributed by atoms with Crippen LogP contribution in [0.1, 0.15) is 27.0 Å². The molecule has 1 heterocycles. The Labute approximate surface area is 174 Å². The summed E-state index contributed by atoms with van der Waals surface area (Å²) in [5, 5.41) is 10.2. The number of hydrogen-bond donors (Lipinski definition) is 1. The van der Waals surface area contributed by atoms with Gasteiger partial charge in [-0.05, 0) is 71.6 Å². The second-order valence-electron chi connectivity index (χ2n) is 7.11. The standard InChI is InChI=1S/C20H23BrN2O4S/c1-13-4-5-15(3)18(12-13)28(26,27)23-8-6-22(7-9-23)20(25)16-10-14(2)11-17(21)19(16)24/h4-5,10-12,24H,6-9H2,1-3H3. The van der Waals surface area contributed by atoms with Crippen molar-refractivity contribution in [2.75, 3.05) is 26.2 Å².